The van der Waals surface area contributed by atoms with E-state index in [-0.39, 0.29) is 17.9 Å². The van der Waals surface area contributed by atoms with Crippen molar-refractivity contribution in [1.29, 1.82) is 0 Å². The Morgan fingerprint density at radius 3 is 2.53 bits per heavy atom. The van der Waals surface area contributed by atoms with Crippen molar-refractivity contribution in [1.82, 2.24) is 5.32 Å². The van der Waals surface area contributed by atoms with Crippen molar-refractivity contribution in [2.75, 3.05) is 11.4 Å². The van der Waals surface area contributed by atoms with E-state index in [9.17, 15) is 9.59 Å². The van der Waals surface area contributed by atoms with Crippen molar-refractivity contribution in [3.8, 4) is 0 Å². The summed E-state index contributed by atoms with van der Waals surface area (Å²) in [5, 5.41) is 3.05. The molecule has 152 valence electrons. The predicted octanol–water partition coefficient (Wildman–Crippen LogP) is 6.07. The number of nitrogens with zero attached hydrogens (tertiary/aromatic N) is 1. The summed E-state index contributed by atoms with van der Waals surface area (Å²) in [6, 6.07) is 20.9. The van der Waals surface area contributed by atoms with E-state index in [0.717, 1.165) is 25.5 Å². The van der Waals surface area contributed by atoms with Gasteiger partial charge < -0.3 is 10.2 Å². The number of anilines is 1. The monoisotopic (exact) mass is 480 g/mol. The second-order valence-electron chi connectivity index (χ2n) is 7.08. The lowest BCUT2D eigenvalue weighted by atomic mass is 10.1. The number of amides is 2. The van der Waals surface area contributed by atoms with Crippen LogP contribution in [0, 0.1) is 0 Å². The molecule has 4 rings (SSSR count). The Labute approximate surface area is 188 Å². The Hall–Kier alpha value is -2.57. The first kappa shape index (κ1) is 20.7. The molecule has 0 unspecified atom stereocenters. The summed E-state index contributed by atoms with van der Waals surface area (Å²) in [6.07, 6.45) is 0. The molecular weight excluding hydrogens is 460 g/mol. The van der Waals surface area contributed by atoms with Crippen molar-refractivity contribution in [2.45, 2.75) is 29.7 Å². The maximum absolute atomic E-state index is 13.1. The van der Waals surface area contributed by atoms with E-state index >= 15 is 0 Å². The summed E-state index contributed by atoms with van der Waals surface area (Å²) in [6.45, 7) is 4.43. The molecular formula is C24H21BrN2O2S. The minimum absolute atomic E-state index is 0.0415. The Morgan fingerprint density at radius 1 is 1.07 bits per heavy atom. The second kappa shape index (κ2) is 8.66. The third-order valence-corrected chi connectivity index (χ3v) is 6.80. The lowest BCUT2D eigenvalue weighted by Gasteiger charge is -2.22. The molecule has 30 heavy (non-hydrogen) atoms. The first-order valence-electron chi connectivity index (χ1n) is 9.77. The molecule has 1 aliphatic rings. The van der Waals surface area contributed by atoms with Crippen molar-refractivity contribution in [3.05, 3.63) is 87.9 Å². The minimum Gasteiger partial charge on any atom is -0.346 e. The van der Waals surface area contributed by atoms with Crippen LogP contribution < -0.4 is 10.2 Å². The Balaban J connectivity index is 1.63. The third kappa shape index (κ3) is 4.02. The molecule has 3 aromatic carbocycles. The highest BCUT2D eigenvalue weighted by Gasteiger charge is 2.27. The lowest BCUT2D eigenvalue weighted by Crippen LogP contribution is -2.31. The van der Waals surface area contributed by atoms with E-state index in [1.54, 1.807) is 16.7 Å². The molecule has 3 aromatic rings. The van der Waals surface area contributed by atoms with Crippen LogP contribution in [0.5, 0.6) is 0 Å². The molecule has 1 heterocycles. The van der Waals surface area contributed by atoms with Crippen LogP contribution in [0.15, 0.2) is 81.0 Å². The van der Waals surface area contributed by atoms with Gasteiger partial charge in [0.05, 0.1) is 17.3 Å². The van der Waals surface area contributed by atoms with Gasteiger partial charge in [0.1, 0.15) is 0 Å². The smallest absolute Gasteiger partial charge is 0.259 e. The largest absolute Gasteiger partial charge is 0.346 e. The van der Waals surface area contributed by atoms with E-state index in [0.29, 0.717) is 17.7 Å². The predicted molar refractivity (Wildman–Crippen MR) is 124 cm³/mol. The molecule has 0 saturated heterocycles. The van der Waals surface area contributed by atoms with Gasteiger partial charge in [0.15, 0.2) is 0 Å². The molecule has 4 nitrogen and oxygen atoms in total. The Bertz CT molecular complexity index is 1110. The van der Waals surface area contributed by atoms with Gasteiger partial charge in [-0.3, -0.25) is 9.59 Å². The van der Waals surface area contributed by atoms with Crippen LogP contribution in [-0.4, -0.2) is 18.4 Å². The number of hydrogen-bond acceptors (Lipinski definition) is 3. The molecule has 2 amide bonds. The maximum atomic E-state index is 13.1. The van der Waals surface area contributed by atoms with Crippen LogP contribution in [0.1, 0.15) is 46.2 Å². The zero-order valence-corrected chi connectivity index (χ0v) is 19.1. The zero-order chi connectivity index (χ0) is 21.3. The minimum atomic E-state index is -0.163. The topological polar surface area (TPSA) is 49.4 Å². The highest BCUT2D eigenvalue weighted by Crippen LogP contribution is 2.41. The number of fused-ring (bicyclic) bond motifs is 2. The third-order valence-electron chi connectivity index (χ3n) is 5.13. The summed E-state index contributed by atoms with van der Waals surface area (Å²) in [4.78, 5) is 29.7. The van der Waals surface area contributed by atoms with Gasteiger partial charge in [0, 0.05) is 26.4 Å². The molecule has 0 aliphatic carbocycles. The average molecular weight is 481 g/mol. The van der Waals surface area contributed by atoms with Crippen molar-refractivity contribution >= 4 is 45.2 Å². The summed E-state index contributed by atoms with van der Waals surface area (Å²) >= 11 is 4.99. The summed E-state index contributed by atoms with van der Waals surface area (Å²) in [5.41, 5.74) is 3.02. The standard InChI is InChI=1S/C24H21BrN2O2S/c1-3-27-20-14-17(23(28)26-15(2)16-8-11-18(25)12-9-16)10-13-22(20)30-21-7-5-4-6-19(21)24(27)29/h4-15H,3H2,1-2H3,(H,26,28)/t15-/m1/s1. The summed E-state index contributed by atoms with van der Waals surface area (Å²) in [7, 11) is 0. The highest BCUT2D eigenvalue weighted by atomic mass is 79.9. The van der Waals surface area contributed by atoms with Gasteiger partial charge in [0.25, 0.3) is 11.8 Å². The second-order valence-corrected chi connectivity index (χ2v) is 9.08. The van der Waals surface area contributed by atoms with E-state index in [1.807, 2.05) is 80.6 Å². The fraction of sp³-hybridized carbons (Fsp3) is 0.167. The average Bonchev–Trinajstić information content (AvgIpc) is 2.87. The van der Waals surface area contributed by atoms with Crippen LogP contribution in [0.4, 0.5) is 5.69 Å². The molecule has 1 aliphatic heterocycles. The normalized spacial score (nSPS) is 13.8. The molecule has 0 spiro atoms. The molecule has 0 bridgehead atoms. The highest BCUT2D eigenvalue weighted by molar-refractivity contribution is 9.10. The zero-order valence-electron chi connectivity index (χ0n) is 16.7. The Kier molecular flexibility index (Phi) is 5.97. The molecule has 0 aromatic heterocycles. The van der Waals surface area contributed by atoms with Crippen LogP contribution >= 0.6 is 27.7 Å². The molecule has 0 saturated carbocycles. The lowest BCUT2D eigenvalue weighted by molar-refractivity contribution is 0.0937. The van der Waals surface area contributed by atoms with E-state index in [2.05, 4.69) is 21.2 Å². The number of hydrogen-bond donors (Lipinski definition) is 1. The van der Waals surface area contributed by atoms with Crippen LogP contribution in [-0.2, 0) is 0 Å². The van der Waals surface area contributed by atoms with Crippen molar-refractivity contribution in [2.24, 2.45) is 0 Å². The summed E-state index contributed by atoms with van der Waals surface area (Å²) in [5.74, 6) is -0.205. The number of benzene rings is 3. The first-order chi connectivity index (χ1) is 14.5. The number of nitrogens with one attached hydrogen (secondary N) is 1. The van der Waals surface area contributed by atoms with Crippen molar-refractivity contribution in [3.63, 3.8) is 0 Å². The van der Waals surface area contributed by atoms with Gasteiger partial charge in [-0.25, -0.2) is 0 Å². The molecule has 0 fully saturated rings. The van der Waals surface area contributed by atoms with Crippen molar-refractivity contribution < 1.29 is 9.59 Å². The quantitative estimate of drug-likeness (QED) is 0.492. The fourth-order valence-electron chi connectivity index (χ4n) is 3.49. The molecule has 1 N–H and O–H groups in total. The van der Waals surface area contributed by atoms with E-state index < -0.39 is 0 Å². The SMILES string of the molecule is CCN1C(=O)c2ccccc2Sc2ccc(C(=O)N[C@H](C)c3ccc(Br)cc3)cc21. The van der Waals surface area contributed by atoms with Gasteiger partial charge >= 0.3 is 0 Å². The van der Waals surface area contributed by atoms with Gasteiger partial charge in [-0.05, 0) is 61.9 Å². The number of rotatable bonds is 4. The van der Waals surface area contributed by atoms with Crippen LogP contribution in [0.25, 0.3) is 0 Å². The molecule has 0 radical (unpaired) electrons. The Morgan fingerprint density at radius 2 is 1.80 bits per heavy atom. The van der Waals surface area contributed by atoms with Crippen LogP contribution in [0.3, 0.4) is 0 Å². The van der Waals surface area contributed by atoms with Gasteiger partial charge in [-0.2, -0.15) is 0 Å². The molecule has 1 atom stereocenters. The van der Waals surface area contributed by atoms with Gasteiger partial charge in [-0.15, -0.1) is 0 Å². The first-order valence-corrected chi connectivity index (χ1v) is 11.4. The summed E-state index contributed by atoms with van der Waals surface area (Å²) < 4.78 is 0.998. The van der Waals surface area contributed by atoms with E-state index in [1.165, 1.54) is 0 Å². The maximum Gasteiger partial charge on any atom is 0.259 e. The number of carbonyl (C=O) groups is 2. The molecule has 6 heteroatoms. The van der Waals surface area contributed by atoms with Gasteiger partial charge in [-0.1, -0.05) is 52.0 Å². The van der Waals surface area contributed by atoms with Gasteiger partial charge in [0.2, 0.25) is 0 Å². The van der Waals surface area contributed by atoms with Crippen LogP contribution in [0.2, 0.25) is 0 Å². The fourth-order valence-corrected chi connectivity index (χ4v) is 4.81. The number of halogens is 1. The number of carbonyl (C=O) groups excluding carboxylic acids is 2. The van der Waals surface area contributed by atoms with E-state index in [4.69, 9.17) is 0 Å².